The van der Waals surface area contributed by atoms with Crippen LogP contribution in [0.5, 0.6) is 11.5 Å². The molecule has 0 fully saturated rings. The lowest BCUT2D eigenvalue weighted by molar-refractivity contribution is -0.124. The van der Waals surface area contributed by atoms with E-state index >= 15 is 0 Å². The summed E-state index contributed by atoms with van der Waals surface area (Å²) in [7, 11) is 2.93. The van der Waals surface area contributed by atoms with Crippen LogP contribution in [0.25, 0.3) is 0 Å². The van der Waals surface area contributed by atoms with Gasteiger partial charge in [-0.15, -0.1) is 0 Å². The molecule has 0 aliphatic heterocycles. The molecule has 0 aliphatic rings. The quantitative estimate of drug-likeness (QED) is 0.748. The lowest BCUT2D eigenvalue weighted by Crippen LogP contribution is -2.31. The third kappa shape index (κ3) is 5.13. The van der Waals surface area contributed by atoms with E-state index in [1.54, 1.807) is 30.3 Å². The van der Waals surface area contributed by atoms with E-state index in [0.717, 1.165) is 5.56 Å². The average molecular weight is 378 g/mol. The molecule has 0 saturated carbocycles. The number of amides is 1. The molecule has 0 spiro atoms. The highest BCUT2D eigenvalue weighted by Gasteiger charge is 2.17. The number of benzene rings is 2. The van der Waals surface area contributed by atoms with Crippen molar-refractivity contribution in [2.75, 3.05) is 20.8 Å². The van der Waals surface area contributed by atoms with Crippen LogP contribution in [0.15, 0.2) is 42.5 Å². The van der Waals surface area contributed by atoms with Gasteiger partial charge < -0.3 is 19.5 Å². The number of methoxy groups -OCH3 is 2. The minimum Gasteiger partial charge on any atom is -0.497 e. The van der Waals surface area contributed by atoms with Crippen molar-refractivity contribution in [3.8, 4) is 11.5 Å². The second-order valence-electron chi connectivity index (χ2n) is 5.49. The van der Waals surface area contributed by atoms with Crippen LogP contribution in [0.4, 0.5) is 0 Å². The van der Waals surface area contributed by atoms with Crippen LogP contribution in [0.3, 0.4) is 0 Å². The van der Waals surface area contributed by atoms with E-state index in [4.69, 9.17) is 25.8 Å². The predicted octanol–water partition coefficient (Wildman–Crippen LogP) is 3.39. The number of nitrogens with one attached hydrogen (secondary N) is 1. The van der Waals surface area contributed by atoms with Gasteiger partial charge in [-0.05, 0) is 42.8 Å². The molecule has 1 amide bonds. The Morgan fingerprint density at radius 1 is 1.12 bits per heavy atom. The van der Waals surface area contributed by atoms with Gasteiger partial charge in [-0.2, -0.15) is 0 Å². The van der Waals surface area contributed by atoms with Crippen molar-refractivity contribution in [1.29, 1.82) is 0 Å². The molecule has 0 radical (unpaired) electrons. The van der Waals surface area contributed by atoms with Gasteiger partial charge in [0.1, 0.15) is 17.1 Å². The average Bonchev–Trinajstić information content (AvgIpc) is 2.65. The van der Waals surface area contributed by atoms with E-state index in [9.17, 15) is 9.59 Å². The first-order valence-electron chi connectivity index (χ1n) is 7.88. The van der Waals surface area contributed by atoms with Gasteiger partial charge in [-0.1, -0.05) is 23.7 Å². The van der Waals surface area contributed by atoms with Gasteiger partial charge in [0.05, 0.1) is 20.3 Å². The second-order valence-corrected chi connectivity index (χ2v) is 5.92. The van der Waals surface area contributed by atoms with Gasteiger partial charge in [-0.3, -0.25) is 4.79 Å². The molecular weight excluding hydrogens is 358 g/mol. The first-order valence-corrected chi connectivity index (χ1v) is 8.26. The number of carbonyl (C=O) groups is 2. The third-order valence-electron chi connectivity index (χ3n) is 3.69. The smallest absolute Gasteiger partial charge is 0.342 e. The summed E-state index contributed by atoms with van der Waals surface area (Å²) in [5.41, 5.74) is 1.04. The Hall–Kier alpha value is -2.73. The largest absolute Gasteiger partial charge is 0.497 e. The fourth-order valence-corrected chi connectivity index (χ4v) is 2.52. The zero-order valence-corrected chi connectivity index (χ0v) is 15.5. The fraction of sp³-hybridized carbons (Fsp3) is 0.263. The van der Waals surface area contributed by atoms with Crippen molar-refractivity contribution in [2.24, 2.45) is 0 Å². The minimum absolute atomic E-state index is 0.183. The molecule has 2 aromatic rings. The highest BCUT2D eigenvalue weighted by atomic mass is 35.5. The molecule has 138 valence electrons. The van der Waals surface area contributed by atoms with Crippen molar-refractivity contribution in [3.63, 3.8) is 0 Å². The molecule has 0 bridgehead atoms. The van der Waals surface area contributed by atoms with Gasteiger partial charge >= 0.3 is 5.97 Å². The molecule has 1 N–H and O–H groups in total. The molecular formula is C19H20ClNO5. The Morgan fingerprint density at radius 3 is 2.54 bits per heavy atom. The van der Waals surface area contributed by atoms with Crippen molar-refractivity contribution in [1.82, 2.24) is 5.32 Å². The van der Waals surface area contributed by atoms with Crippen LogP contribution in [0, 0.1) is 0 Å². The van der Waals surface area contributed by atoms with Crippen LogP contribution in [-0.4, -0.2) is 32.7 Å². The SMILES string of the molecule is COc1ccc(OC)c(C(=O)OCC(=O)N[C@H](C)c2cccc(Cl)c2)c1. The second kappa shape index (κ2) is 9.10. The standard InChI is InChI=1S/C19H20ClNO5/c1-12(13-5-4-6-14(20)9-13)21-18(22)11-26-19(23)16-10-15(24-2)7-8-17(16)25-3/h4-10,12H,11H2,1-3H3,(H,21,22)/t12-/m1/s1. The number of hydrogen-bond acceptors (Lipinski definition) is 5. The van der Waals surface area contributed by atoms with Gasteiger partial charge in [0, 0.05) is 5.02 Å². The first-order chi connectivity index (χ1) is 12.4. The number of esters is 1. The Labute approximate surface area is 157 Å². The van der Waals surface area contributed by atoms with Crippen molar-refractivity contribution in [2.45, 2.75) is 13.0 Å². The van der Waals surface area contributed by atoms with E-state index in [0.29, 0.717) is 16.5 Å². The molecule has 6 nitrogen and oxygen atoms in total. The number of carbonyl (C=O) groups excluding carboxylic acids is 2. The maximum Gasteiger partial charge on any atom is 0.342 e. The minimum atomic E-state index is -0.675. The van der Waals surface area contributed by atoms with Crippen molar-refractivity contribution >= 4 is 23.5 Å². The normalized spacial score (nSPS) is 11.4. The Morgan fingerprint density at radius 2 is 1.88 bits per heavy atom. The Balaban J connectivity index is 1.95. The molecule has 7 heteroatoms. The molecule has 0 unspecified atom stereocenters. The third-order valence-corrected chi connectivity index (χ3v) is 3.92. The molecule has 0 heterocycles. The van der Waals surface area contributed by atoms with E-state index in [1.807, 2.05) is 13.0 Å². The zero-order valence-electron chi connectivity index (χ0n) is 14.7. The van der Waals surface area contributed by atoms with E-state index < -0.39 is 18.5 Å². The summed E-state index contributed by atoms with van der Waals surface area (Å²) in [6.45, 7) is 1.40. The monoisotopic (exact) mass is 377 g/mol. The van der Waals surface area contributed by atoms with Crippen LogP contribution < -0.4 is 14.8 Å². The summed E-state index contributed by atoms with van der Waals surface area (Å²) in [5.74, 6) is -0.278. The van der Waals surface area contributed by atoms with Crippen LogP contribution in [0.2, 0.25) is 5.02 Å². The first kappa shape index (κ1) is 19.6. The van der Waals surface area contributed by atoms with Crippen LogP contribution in [-0.2, 0) is 9.53 Å². The maximum absolute atomic E-state index is 12.2. The number of ether oxygens (including phenoxy) is 3. The summed E-state index contributed by atoms with van der Waals surface area (Å²) in [5, 5.41) is 3.33. The molecule has 0 aromatic heterocycles. The van der Waals surface area contributed by atoms with E-state index in [2.05, 4.69) is 5.32 Å². The van der Waals surface area contributed by atoms with E-state index in [-0.39, 0.29) is 11.6 Å². The van der Waals surface area contributed by atoms with E-state index in [1.165, 1.54) is 20.3 Å². The Bertz CT molecular complexity index is 793. The summed E-state index contributed by atoms with van der Waals surface area (Å²) < 4.78 is 15.3. The molecule has 2 rings (SSSR count). The topological polar surface area (TPSA) is 73.9 Å². The lowest BCUT2D eigenvalue weighted by Gasteiger charge is -2.15. The van der Waals surface area contributed by atoms with Gasteiger partial charge in [0.25, 0.3) is 5.91 Å². The van der Waals surface area contributed by atoms with Crippen LogP contribution >= 0.6 is 11.6 Å². The fourth-order valence-electron chi connectivity index (χ4n) is 2.32. The van der Waals surface area contributed by atoms with Crippen molar-refractivity contribution < 1.29 is 23.8 Å². The lowest BCUT2D eigenvalue weighted by atomic mass is 10.1. The van der Waals surface area contributed by atoms with Crippen molar-refractivity contribution in [3.05, 3.63) is 58.6 Å². The highest BCUT2D eigenvalue weighted by molar-refractivity contribution is 6.30. The van der Waals surface area contributed by atoms with Gasteiger partial charge in [0.2, 0.25) is 0 Å². The predicted molar refractivity (Wildman–Crippen MR) is 97.8 cm³/mol. The summed E-state index contributed by atoms with van der Waals surface area (Å²) >= 11 is 5.95. The van der Waals surface area contributed by atoms with Gasteiger partial charge in [-0.25, -0.2) is 4.79 Å². The molecule has 2 aromatic carbocycles. The summed E-state index contributed by atoms with van der Waals surface area (Å²) in [6.07, 6.45) is 0. The maximum atomic E-state index is 12.2. The Kier molecular flexibility index (Phi) is 6.86. The number of halogens is 1. The molecule has 0 saturated heterocycles. The summed E-state index contributed by atoms with van der Waals surface area (Å²) in [4.78, 5) is 24.3. The van der Waals surface area contributed by atoms with Crippen LogP contribution in [0.1, 0.15) is 28.9 Å². The highest BCUT2D eigenvalue weighted by Crippen LogP contribution is 2.24. The molecule has 26 heavy (non-hydrogen) atoms. The molecule has 1 atom stereocenters. The molecule has 0 aliphatic carbocycles. The number of hydrogen-bond donors (Lipinski definition) is 1. The number of rotatable bonds is 7. The van der Waals surface area contributed by atoms with Gasteiger partial charge in [0.15, 0.2) is 6.61 Å². The zero-order chi connectivity index (χ0) is 19.1. The summed E-state index contributed by atoms with van der Waals surface area (Å²) in [6, 6.07) is 11.6.